The Morgan fingerprint density at radius 2 is 0.882 bits per heavy atom. The van der Waals surface area contributed by atoms with Gasteiger partial charge in [-0.15, -0.1) is 0 Å². The molecule has 0 N–H and O–H groups in total. The second-order valence-electron chi connectivity index (χ2n) is 15.2. The maximum absolute atomic E-state index is 12.9. The number of carbonyl (C=O) groups is 2. The molecular weight excluding hydrogens is 629 g/mol. The fourth-order valence-electron chi connectivity index (χ4n) is 8.44. The van der Waals surface area contributed by atoms with E-state index in [2.05, 4.69) is 62.4 Å². The summed E-state index contributed by atoms with van der Waals surface area (Å²) in [5.41, 5.74) is 8.23. The normalized spacial score (nSPS) is 21.1. The minimum absolute atomic E-state index is 0.0150. The number of esters is 2. The van der Waals surface area contributed by atoms with E-state index in [9.17, 15) is 9.59 Å². The molecule has 2 fully saturated rings. The van der Waals surface area contributed by atoms with Crippen LogP contribution < -0.4 is 0 Å². The summed E-state index contributed by atoms with van der Waals surface area (Å²) in [4.78, 5) is 25.7. The number of rotatable bonds is 13. The van der Waals surface area contributed by atoms with Crippen LogP contribution in [-0.2, 0) is 9.47 Å². The van der Waals surface area contributed by atoms with Gasteiger partial charge in [0.15, 0.2) is 0 Å². The van der Waals surface area contributed by atoms with Gasteiger partial charge in [-0.25, -0.2) is 9.59 Å². The first-order valence-electron chi connectivity index (χ1n) is 19.7. The Morgan fingerprint density at radius 3 is 1.25 bits per heavy atom. The minimum Gasteiger partial charge on any atom is -0.458 e. The summed E-state index contributed by atoms with van der Waals surface area (Å²) in [6.45, 7) is 6.30. The summed E-state index contributed by atoms with van der Waals surface area (Å²) in [6, 6.07) is 32.9. The van der Waals surface area contributed by atoms with Crippen molar-refractivity contribution in [1.29, 1.82) is 0 Å². The van der Waals surface area contributed by atoms with Crippen LogP contribution in [0.1, 0.15) is 141 Å². The summed E-state index contributed by atoms with van der Waals surface area (Å²) >= 11 is 0. The molecular formula is C47H56O4. The molecule has 51 heavy (non-hydrogen) atoms. The Morgan fingerprint density at radius 1 is 0.529 bits per heavy atom. The van der Waals surface area contributed by atoms with Crippen LogP contribution in [0.4, 0.5) is 0 Å². The molecule has 2 saturated carbocycles. The molecule has 2 aliphatic carbocycles. The highest BCUT2D eigenvalue weighted by Crippen LogP contribution is 2.39. The van der Waals surface area contributed by atoms with Gasteiger partial charge < -0.3 is 9.47 Å². The van der Waals surface area contributed by atoms with E-state index < -0.39 is 18.0 Å². The fourth-order valence-corrected chi connectivity index (χ4v) is 8.44. The van der Waals surface area contributed by atoms with E-state index in [-0.39, 0.29) is 6.61 Å². The molecule has 0 saturated heterocycles. The van der Waals surface area contributed by atoms with Crippen LogP contribution in [0.2, 0.25) is 0 Å². The number of carbonyl (C=O) groups excluding carboxylic acids is 2. The van der Waals surface area contributed by atoms with Gasteiger partial charge in [0.2, 0.25) is 0 Å². The topological polar surface area (TPSA) is 52.6 Å². The molecule has 0 heterocycles. The molecule has 4 aromatic rings. The molecule has 2 aliphatic rings. The van der Waals surface area contributed by atoms with E-state index in [4.69, 9.17) is 9.47 Å². The van der Waals surface area contributed by atoms with Crippen LogP contribution in [0.15, 0.2) is 97.1 Å². The minimum atomic E-state index is -0.579. The zero-order valence-electron chi connectivity index (χ0n) is 30.9. The molecule has 4 nitrogen and oxygen atoms in total. The summed E-state index contributed by atoms with van der Waals surface area (Å²) in [5.74, 6) is 2.30. The van der Waals surface area contributed by atoms with Gasteiger partial charge in [0.25, 0.3) is 0 Å². The molecule has 0 bridgehead atoms. The van der Waals surface area contributed by atoms with E-state index in [1.54, 1.807) is 31.2 Å². The smallest absolute Gasteiger partial charge is 0.338 e. The Balaban J connectivity index is 0.938. The molecule has 0 aliphatic heterocycles. The number of benzene rings is 4. The van der Waals surface area contributed by atoms with E-state index in [0.29, 0.717) is 23.0 Å². The molecule has 1 atom stereocenters. The van der Waals surface area contributed by atoms with Crippen molar-refractivity contribution in [3.8, 4) is 22.3 Å². The Labute approximate surface area is 306 Å². The third kappa shape index (κ3) is 9.79. The van der Waals surface area contributed by atoms with E-state index >= 15 is 0 Å². The van der Waals surface area contributed by atoms with Crippen LogP contribution in [0.5, 0.6) is 0 Å². The molecule has 4 heteroatoms. The van der Waals surface area contributed by atoms with Gasteiger partial charge in [0.1, 0.15) is 12.7 Å². The van der Waals surface area contributed by atoms with Crippen LogP contribution in [0.3, 0.4) is 0 Å². The van der Waals surface area contributed by atoms with Crippen LogP contribution >= 0.6 is 0 Å². The Kier molecular flexibility index (Phi) is 12.8. The molecule has 1 unspecified atom stereocenters. The second-order valence-corrected chi connectivity index (χ2v) is 15.2. The van der Waals surface area contributed by atoms with Crippen LogP contribution in [0.25, 0.3) is 22.3 Å². The quantitative estimate of drug-likeness (QED) is 0.132. The largest absolute Gasteiger partial charge is 0.458 e. The summed E-state index contributed by atoms with van der Waals surface area (Å²) < 4.78 is 11.1. The van der Waals surface area contributed by atoms with Crippen LogP contribution in [-0.4, -0.2) is 24.6 Å². The van der Waals surface area contributed by atoms with E-state index in [1.807, 2.05) is 24.3 Å². The van der Waals surface area contributed by atoms with Gasteiger partial charge in [-0.2, -0.15) is 0 Å². The third-order valence-corrected chi connectivity index (χ3v) is 11.5. The maximum Gasteiger partial charge on any atom is 0.338 e. The number of ether oxygens (including phenoxy) is 2. The summed E-state index contributed by atoms with van der Waals surface area (Å²) in [7, 11) is 0. The SMILES string of the molecule is CCC[C@H]1CC[C@H](c2ccc(-c3ccc(C(=O)OCC(C)OC(=O)c4ccc(-c5ccc([C@H]6CC[C@H](CCC)CC6)cc5)cc4)cc3)cc2)CC1. The van der Waals surface area contributed by atoms with Gasteiger partial charge in [0.05, 0.1) is 11.1 Å². The summed E-state index contributed by atoms with van der Waals surface area (Å²) in [5, 5.41) is 0. The highest BCUT2D eigenvalue weighted by Gasteiger charge is 2.23. The monoisotopic (exact) mass is 684 g/mol. The highest BCUT2D eigenvalue weighted by atomic mass is 16.6. The average molecular weight is 685 g/mol. The average Bonchev–Trinajstić information content (AvgIpc) is 3.18. The third-order valence-electron chi connectivity index (χ3n) is 11.5. The predicted molar refractivity (Wildman–Crippen MR) is 208 cm³/mol. The number of hydrogen-bond acceptors (Lipinski definition) is 4. The van der Waals surface area contributed by atoms with E-state index in [0.717, 1.165) is 34.1 Å². The first-order chi connectivity index (χ1) is 24.9. The molecule has 4 aromatic carbocycles. The van der Waals surface area contributed by atoms with Gasteiger partial charge >= 0.3 is 11.9 Å². The molecule has 6 rings (SSSR count). The molecule has 0 amide bonds. The van der Waals surface area contributed by atoms with Gasteiger partial charge in [-0.1, -0.05) is 112 Å². The van der Waals surface area contributed by atoms with Gasteiger partial charge in [0, 0.05) is 0 Å². The Hall–Kier alpha value is -4.18. The zero-order chi connectivity index (χ0) is 35.6. The van der Waals surface area contributed by atoms with Crippen molar-refractivity contribution in [2.45, 2.75) is 116 Å². The van der Waals surface area contributed by atoms with Crippen molar-refractivity contribution in [3.05, 3.63) is 119 Å². The maximum atomic E-state index is 12.9. The lowest BCUT2D eigenvalue weighted by atomic mass is 9.77. The van der Waals surface area contributed by atoms with Crippen molar-refractivity contribution in [2.75, 3.05) is 6.61 Å². The van der Waals surface area contributed by atoms with Crippen molar-refractivity contribution < 1.29 is 19.1 Å². The summed E-state index contributed by atoms with van der Waals surface area (Å²) in [6.07, 6.45) is 15.3. The standard InChI is InChI=1S/C47H56O4/c1-4-6-34-8-12-36(13-9-34)38-16-20-40(21-17-38)42-24-28-44(29-25-42)46(48)50-32-33(3)51-47(49)45-30-26-43(27-31-45)41-22-18-39(19-23-41)37-14-10-35(7-5-2)11-15-37/h16-31,33-37H,4-15,32H2,1-3H3/t33?,34-,35-,36-,37-. The molecule has 0 radical (unpaired) electrons. The lowest BCUT2D eigenvalue weighted by Crippen LogP contribution is -2.22. The van der Waals surface area contributed by atoms with Crippen molar-refractivity contribution in [3.63, 3.8) is 0 Å². The molecule has 268 valence electrons. The first-order valence-corrected chi connectivity index (χ1v) is 19.7. The fraction of sp³-hybridized carbons (Fsp3) is 0.447. The lowest BCUT2D eigenvalue weighted by molar-refractivity contribution is 0.00448. The van der Waals surface area contributed by atoms with Gasteiger partial charge in [-0.3, -0.25) is 0 Å². The van der Waals surface area contributed by atoms with Crippen molar-refractivity contribution in [2.24, 2.45) is 11.8 Å². The Bertz CT molecular complexity index is 1670. The van der Waals surface area contributed by atoms with Crippen molar-refractivity contribution >= 4 is 11.9 Å². The number of hydrogen-bond donors (Lipinski definition) is 0. The zero-order valence-corrected chi connectivity index (χ0v) is 30.9. The molecule has 0 aromatic heterocycles. The van der Waals surface area contributed by atoms with Crippen molar-refractivity contribution in [1.82, 2.24) is 0 Å². The van der Waals surface area contributed by atoms with Gasteiger partial charge in [-0.05, 0) is 140 Å². The predicted octanol–water partition coefficient (Wildman–Crippen LogP) is 12.6. The van der Waals surface area contributed by atoms with Crippen LogP contribution in [0, 0.1) is 11.8 Å². The molecule has 0 spiro atoms. The first kappa shape index (κ1) is 36.6. The lowest BCUT2D eigenvalue weighted by Gasteiger charge is -2.28. The highest BCUT2D eigenvalue weighted by molar-refractivity contribution is 5.91. The van der Waals surface area contributed by atoms with E-state index in [1.165, 1.54) is 88.2 Å². The second kappa shape index (κ2) is 17.8.